The van der Waals surface area contributed by atoms with Crippen molar-refractivity contribution < 1.29 is 19.8 Å². The van der Waals surface area contributed by atoms with Crippen LogP contribution in [0.1, 0.15) is 31.4 Å². The van der Waals surface area contributed by atoms with E-state index in [1.54, 1.807) is 38.1 Å². The number of aliphatic hydroxyl groups is 1. The molecular weight excluding hydrogens is 342 g/mol. The van der Waals surface area contributed by atoms with Gasteiger partial charge in [0.05, 0.1) is 12.6 Å². The van der Waals surface area contributed by atoms with Crippen molar-refractivity contribution in [3.05, 3.63) is 35.4 Å². The standard InChI is InChI=1S/C17H17N3O4S/c1-17(2,24)8-7-11-3-5-12(6-4-11)10-18-20-16-19-15(23)13(25-16)9-14(21)22/h3-6,10,13,24H,9H2,1-2H3,(H,21,22)(H,19,20,23). The van der Waals surface area contributed by atoms with E-state index >= 15 is 0 Å². The highest BCUT2D eigenvalue weighted by Crippen LogP contribution is 2.22. The first-order chi connectivity index (χ1) is 11.7. The van der Waals surface area contributed by atoms with Gasteiger partial charge in [-0.25, -0.2) is 0 Å². The fourth-order valence-electron chi connectivity index (χ4n) is 1.77. The normalized spacial score (nSPS) is 18.9. The third-order valence-electron chi connectivity index (χ3n) is 2.92. The number of carbonyl (C=O) groups is 2. The molecule has 8 heteroatoms. The molecule has 1 aliphatic rings. The summed E-state index contributed by atoms with van der Waals surface area (Å²) in [7, 11) is 0. The van der Waals surface area contributed by atoms with Crippen molar-refractivity contribution in [2.75, 3.05) is 0 Å². The van der Waals surface area contributed by atoms with Gasteiger partial charge in [-0.1, -0.05) is 35.7 Å². The maximum atomic E-state index is 11.6. The lowest BCUT2D eigenvalue weighted by atomic mass is 10.1. The van der Waals surface area contributed by atoms with Crippen LogP contribution in [0.5, 0.6) is 0 Å². The molecule has 2 rings (SSSR count). The SMILES string of the molecule is CC(C)(O)C#Cc1ccc(C=NN=C2NC(=O)C(CC(=O)O)S2)cc1. The van der Waals surface area contributed by atoms with Crippen LogP contribution in [0.15, 0.2) is 34.5 Å². The Labute approximate surface area is 149 Å². The number of hydrogen-bond donors (Lipinski definition) is 3. The quantitative estimate of drug-likeness (QED) is 0.425. The predicted octanol–water partition coefficient (Wildman–Crippen LogP) is 1.21. The Morgan fingerprint density at radius 1 is 1.40 bits per heavy atom. The number of hydrogen-bond acceptors (Lipinski definition) is 6. The van der Waals surface area contributed by atoms with Crippen LogP contribution in [0.2, 0.25) is 0 Å². The van der Waals surface area contributed by atoms with Crippen LogP contribution in [-0.2, 0) is 9.59 Å². The van der Waals surface area contributed by atoms with E-state index < -0.39 is 16.8 Å². The van der Waals surface area contributed by atoms with Gasteiger partial charge in [0.2, 0.25) is 5.91 Å². The van der Waals surface area contributed by atoms with Crippen LogP contribution in [0.3, 0.4) is 0 Å². The fourth-order valence-corrected chi connectivity index (χ4v) is 2.69. The first-order valence-electron chi connectivity index (χ1n) is 7.39. The fraction of sp³-hybridized carbons (Fsp3) is 0.294. The van der Waals surface area contributed by atoms with Gasteiger partial charge in [-0.05, 0) is 31.5 Å². The molecule has 1 atom stereocenters. The van der Waals surface area contributed by atoms with Gasteiger partial charge >= 0.3 is 5.97 Å². The number of carboxylic acids is 1. The predicted molar refractivity (Wildman–Crippen MR) is 96.4 cm³/mol. The molecule has 1 amide bonds. The Morgan fingerprint density at radius 2 is 2.08 bits per heavy atom. The van der Waals surface area contributed by atoms with E-state index in [1.807, 2.05) is 0 Å². The van der Waals surface area contributed by atoms with Crippen molar-refractivity contribution in [1.29, 1.82) is 0 Å². The first-order valence-corrected chi connectivity index (χ1v) is 8.27. The van der Waals surface area contributed by atoms with Crippen molar-refractivity contribution >= 4 is 35.0 Å². The van der Waals surface area contributed by atoms with Gasteiger partial charge in [0.1, 0.15) is 10.9 Å². The van der Waals surface area contributed by atoms with E-state index in [4.69, 9.17) is 5.11 Å². The summed E-state index contributed by atoms with van der Waals surface area (Å²) in [4.78, 5) is 22.2. The smallest absolute Gasteiger partial charge is 0.305 e. The highest BCUT2D eigenvalue weighted by Gasteiger charge is 2.32. The number of benzene rings is 1. The van der Waals surface area contributed by atoms with E-state index in [0.717, 1.165) is 22.9 Å². The Bertz CT molecular complexity index is 783. The van der Waals surface area contributed by atoms with Crippen molar-refractivity contribution in [1.82, 2.24) is 5.32 Å². The lowest BCUT2D eigenvalue weighted by Crippen LogP contribution is -2.26. The van der Waals surface area contributed by atoms with Crippen LogP contribution >= 0.6 is 11.8 Å². The second-order valence-corrected chi connectivity index (χ2v) is 6.97. The number of thioether (sulfide) groups is 1. The summed E-state index contributed by atoms with van der Waals surface area (Å²) < 4.78 is 0. The van der Waals surface area contributed by atoms with E-state index in [9.17, 15) is 14.7 Å². The largest absolute Gasteiger partial charge is 0.481 e. The van der Waals surface area contributed by atoms with Crippen LogP contribution in [0.25, 0.3) is 0 Å². The van der Waals surface area contributed by atoms with Gasteiger partial charge in [-0.15, -0.1) is 5.10 Å². The molecule has 1 aliphatic heterocycles. The molecule has 1 saturated heterocycles. The van der Waals surface area contributed by atoms with Crippen molar-refractivity contribution in [2.24, 2.45) is 10.2 Å². The van der Waals surface area contributed by atoms with Crippen LogP contribution < -0.4 is 5.32 Å². The third-order valence-corrected chi connectivity index (χ3v) is 3.99. The van der Waals surface area contributed by atoms with Gasteiger partial charge in [0, 0.05) is 5.56 Å². The minimum atomic E-state index is -1.04. The second kappa shape index (κ2) is 7.96. The minimum absolute atomic E-state index is 0.258. The van der Waals surface area contributed by atoms with Gasteiger partial charge in [-0.3, -0.25) is 9.59 Å². The zero-order valence-electron chi connectivity index (χ0n) is 13.7. The Hall–Kier alpha value is -2.63. The number of aliphatic carboxylic acids is 1. The first kappa shape index (κ1) is 18.7. The molecule has 0 aromatic heterocycles. The van der Waals surface area contributed by atoms with E-state index in [1.165, 1.54) is 6.21 Å². The molecule has 0 aliphatic carbocycles. The van der Waals surface area contributed by atoms with Crippen LogP contribution in [0.4, 0.5) is 0 Å². The lowest BCUT2D eigenvalue weighted by molar-refractivity contribution is -0.138. The van der Waals surface area contributed by atoms with Gasteiger partial charge < -0.3 is 15.5 Å². The van der Waals surface area contributed by atoms with Crippen molar-refractivity contribution in [2.45, 2.75) is 31.1 Å². The number of carbonyl (C=O) groups excluding carboxylic acids is 1. The summed E-state index contributed by atoms with van der Waals surface area (Å²) in [5, 5.41) is 28.1. The third kappa shape index (κ3) is 6.41. The number of amides is 1. The highest BCUT2D eigenvalue weighted by molar-refractivity contribution is 8.15. The summed E-state index contributed by atoms with van der Waals surface area (Å²) in [6.07, 6.45) is 1.25. The van der Waals surface area contributed by atoms with Gasteiger partial charge in [0.15, 0.2) is 5.17 Å². The number of carboxylic acid groups (broad SMARTS) is 1. The molecule has 0 bridgehead atoms. The number of amidine groups is 1. The molecule has 1 unspecified atom stereocenters. The Kier molecular flexibility index (Phi) is 5.96. The molecule has 130 valence electrons. The Balaban J connectivity index is 1.97. The topological polar surface area (TPSA) is 111 Å². The zero-order valence-corrected chi connectivity index (χ0v) is 14.5. The molecule has 1 fully saturated rings. The van der Waals surface area contributed by atoms with Gasteiger partial charge in [-0.2, -0.15) is 5.10 Å². The summed E-state index contributed by atoms with van der Waals surface area (Å²) >= 11 is 1.05. The van der Waals surface area contributed by atoms with E-state index in [0.29, 0.717) is 0 Å². The summed E-state index contributed by atoms with van der Waals surface area (Å²) in [5.74, 6) is 4.18. The molecule has 1 aromatic rings. The number of nitrogens with zero attached hydrogens (tertiary/aromatic N) is 2. The summed E-state index contributed by atoms with van der Waals surface area (Å²) in [6, 6.07) is 7.18. The van der Waals surface area contributed by atoms with Crippen molar-refractivity contribution in [3.8, 4) is 11.8 Å². The van der Waals surface area contributed by atoms with Crippen LogP contribution in [0, 0.1) is 11.8 Å². The second-order valence-electron chi connectivity index (χ2n) is 5.77. The molecular formula is C17H17N3O4S. The molecule has 0 spiro atoms. The summed E-state index contributed by atoms with van der Waals surface area (Å²) in [5.41, 5.74) is 0.508. The molecule has 0 saturated carbocycles. The minimum Gasteiger partial charge on any atom is -0.481 e. The molecule has 0 radical (unpaired) electrons. The monoisotopic (exact) mass is 359 g/mol. The number of rotatable bonds is 4. The maximum Gasteiger partial charge on any atom is 0.305 e. The lowest BCUT2D eigenvalue weighted by Gasteiger charge is -2.05. The average molecular weight is 359 g/mol. The van der Waals surface area contributed by atoms with Crippen molar-refractivity contribution in [3.63, 3.8) is 0 Å². The molecule has 1 heterocycles. The molecule has 7 nitrogen and oxygen atoms in total. The average Bonchev–Trinajstić information content (AvgIpc) is 2.85. The zero-order chi connectivity index (χ0) is 18.4. The van der Waals surface area contributed by atoms with Gasteiger partial charge in [0.25, 0.3) is 0 Å². The van der Waals surface area contributed by atoms with Crippen LogP contribution in [-0.4, -0.2) is 44.3 Å². The Morgan fingerprint density at radius 3 is 2.68 bits per heavy atom. The number of nitrogens with one attached hydrogen (secondary N) is 1. The van der Waals surface area contributed by atoms with E-state index in [-0.39, 0.29) is 17.5 Å². The molecule has 1 aromatic carbocycles. The maximum absolute atomic E-state index is 11.6. The molecule has 3 N–H and O–H groups in total. The highest BCUT2D eigenvalue weighted by atomic mass is 32.2. The van der Waals surface area contributed by atoms with E-state index in [2.05, 4.69) is 27.4 Å². The molecule has 25 heavy (non-hydrogen) atoms. The summed E-state index contributed by atoms with van der Waals surface area (Å²) in [6.45, 7) is 3.22.